The number of benzene rings is 8. The molecule has 256 valence electrons. The van der Waals surface area contributed by atoms with Crippen molar-refractivity contribution in [3.63, 3.8) is 0 Å². The summed E-state index contributed by atoms with van der Waals surface area (Å²) in [6, 6.07) is 58.5. The van der Waals surface area contributed by atoms with Crippen LogP contribution in [0, 0.1) is 0 Å². The second-order valence-electron chi connectivity index (χ2n) is 14.0. The maximum absolute atomic E-state index is 6.88. The number of fused-ring (bicyclic) bond motifs is 10. The first-order chi connectivity index (χ1) is 27.3. The average Bonchev–Trinajstić information content (AvgIpc) is 3.93. The van der Waals surface area contributed by atoms with Crippen molar-refractivity contribution in [3.05, 3.63) is 170 Å². The second kappa shape index (κ2) is 11.5. The van der Waals surface area contributed by atoms with Crippen molar-refractivity contribution in [2.75, 3.05) is 0 Å². The fourth-order valence-electron chi connectivity index (χ4n) is 8.39. The topological polar surface area (TPSA) is 69.9 Å². The smallest absolute Gasteiger partial charge is 0.164 e. The van der Waals surface area contributed by atoms with Crippen LogP contribution in [0.25, 0.3) is 116 Å². The highest BCUT2D eigenvalue weighted by Gasteiger charge is 2.24. The zero-order valence-electron chi connectivity index (χ0n) is 29.3. The van der Waals surface area contributed by atoms with Gasteiger partial charge in [-0.05, 0) is 59.3 Å². The minimum atomic E-state index is 0.560. The number of nitrogens with zero attached hydrogens (tertiary/aromatic N) is 4. The highest BCUT2D eigenvalue weighted by atomic mass is 16.3. The lowest BCUT2D eigenvalue weighted by Gasteiger charge is -2.13. The minimum Gasteiger partial charge on any atom is -0.456 e. The molecule has 0 bridgehead atoms. The van der Waals surface area contributed by atoms with E-state index in [-0.39, 0.29) is 0 Å². The van der Waals surface area contributed by atoms with E-state index >= 15 is 0 Å². The zero-order valence-corrected chi connectivity index (χ0v) is 29.3. The molecule has 0 saturated carbocycles. The van der Waals surface area contributed by atoms with Gasteiger partial charge in [0, 0.05) is 49.0 Å². The third-order valence-electron chi connectivity index (χ3n) is 10.8. The maximum atomic E-state index is 6.88. The molecule has 0 aliphatic carbocycles. The van der Waals surface area contributed by atoms with Gasteiger partial charge in [0.1, 0.15) is 16.7 Å². The Morgan fingerprint density at radius 2 is 0.982 bits per heavy atom. The van der Waals surface area contributed by atoms with Gasteiger partial charge >= 0.3 is 0 Å². The molecule has 8 aromatic carbocycles. The summed E-state index contributed by atoms with van der Waals surface area (Å²) in [5, 5.41) is 8.70. The Hall–Kier alpha value is -7.57. The largest absolute Gasteiger partial charge is 0.456 e. The Balaban J connectivity index is 1.17. The normalized spacial score (nSPS) is 12.0. The predicted octanol–water partition coefficient (Wildman–Crippen LogP) is 12.9. The summed E-state index contributed by atoms with van der Waals surface area (Å²) >= 11 is 0. The molecular weight excluding hydrogens is 677 g/mol. The molecule has 12 aromatic rings. The van der Waals surface area contributed by atoms with Crippen molar-refractivity contribution in [2.24, 2.45) is 0 Å². The van der Waals surface area contributed by atoms with Crippen molar-refractivity contribution in [1.82, 2.24) is 19.5 Å². The van der Waals surface area contributed by atoms with Gasteiger partial charge in [-0.1, -0.05) is 121 Å². The molecule has 0 atom stereocenters. The van der Waals surface area contributed by atoms with Crippen LogP contribution in [-0.4, -0.2) is 19.5 Å². The van der Waals surface area contributed by atoms with E-state index in [1.54, 1.807) is 0 Å². The van der Waals surface area contributed by atoms with Crippen LogP contribution in [0.1, 0.15) is 0 Å². The molecule has 0 aliphatic heterocycles. The third kappa shape index (κ3) is 4.46. The van der Waals surface area contributed by atoms with Gasteiger partial charge in [0.25, 0.3) is 0 Å². The summed E-state index contributed by atoms with van der Waals surface area (Å²) in [6.07, 6.45) is 0. The molecule has 0 fully saturated rings. The quantitative estimate of drug-likeness (QED) is 0.182. The van der Waals surface area contributed by atoms with E-state index in [2.05, 4.69) is 102 Å². The Kier molecular flexibility index (Phi) is 6.24. The fourth-order valence-corrected chi connectivity index (χ4v) is 8.39. The van der Waals surface area contributed by atoms with Crippen LogP contribution < -0.4 is 0 Å². The SMILES string of the molecule is c1ccc(-c2nc(-c3cccc4oc5ccccc5c34)nc(-c3ccc(-n4c5ccccc5c5cc6ccccc6cc54)c4oc5ccccc5c34)n2)cc1. The molecule has 0 aliphatic rings. The number of furan rings is 2. The standard InChI is InChI=1S/C49H28N4O2/c1-2-13-29(14-3-1)47-50-48(35-20-12-24-43-44(35)33-18-7-10-22-41(33)54-43)52-49(51-47)36-25-26-39(46-45(36)34-19-8-11-23-42(34)55-46)53-38-21-9-6-17-32(38)37-27-30-15-4-5-16-31(30)28-40(37)53/h1-28H. The van der Waals surface area contributed by atoms with Gasteiger partial charge in [-0.15, -0.1) is 0 Å². The lowest BCUT2D eigenvalue weighted by Crippen LogP contribution is -2.01. The highest BCUT2D eigenvalue weighted by molar-refractivity contribution is 6.18. The zero-order chi connectivity index (χ0) is 36.0. The summed E-state index contributed by atoms with van der Waals surface area (Å²) in [5.41, 5.74) is 8.98. The van der Waals surface area contributed by atoms with Gasteiger partial charge in [-0.3, -0.25) is 0 Å². The van der Waals surface area contributed by atoms with Gasteiger partial charge in [0.15, 0.2) is 23.1 Å². The molecular formula is C49H28N4O2. The molecule has 6 nitrogen and oxygen atoms in total. The maximum Gasteiger partial charge on any atom is 0.164 e. The number of aromatic nitrogens is 4. The average molecular weight is 705 g/mol. The molecule has 12 rings (SSSR count). The van der Waals surface area contributed by atoms with E-state index in [9.17, 15) is 0 Å². The Morgan fingerprint density at radius 3 is 1.78 bits per heavy atom. The molecule has 0 spiro atoms. The Labute approximate surface area is 313 Å². The summed E-state index contributed by atoms with van der Waals surface area (Å²) in [4.78, 5) is 15.6. The fraction of sp³-hybridized carbons (Fsp3) is 0. The molecule has 4 aromatic heterocycles. The summed E-state index contributed by atoms with van der Waals surface area (Å²) < 4.78 is 15.5. The first-order valence-electron chi connectivity index (χ1n) is 18.4. The molecule has 55 heavy (non-hydrogen) atoms. The van der Waals surface area contributed by atoms with Gasteiger partial charge in [0.2, 0.25) is 0 Å². The monoisotopic (exact) mass is 704 g/mol. The molecule has 0 unspecified atom stereocenters. The van der Waals surface area contributed by atoms with Crippen molar-refractivity contribution in [2.45, 2.75) is 0 Å². The van der Waals surface area contributed by atoms with E-state index in [1.807, 2.05) is 72.8 Å². The van der Waals surface area contributed by atoms with Crippen LogP contribution in [-0.2, 0) is 0 Å². The number of hydrogen-bond acceptors (Lipinski definition) is 5. The van der Waals surface area contributed by atoms with Crippen LogP contribution in [0.5, 0.6) is 0 Å². The Morgan fingerprint density at radius 1 is 0.382 bits per heavy atom. The summed E-state index contributed by atoms with van der Waals surface area (Å²) in [6.45, 7) is 0. The van der Waals surface area contributed by atoms with Crippen molar-refractivity contribution < 1.29 is 8.83 Å². The molecule has 4 heterocycles. The van der Waals surface area contributed by atoms with Gasteiger partial charge in [-0.2, -0.15) is 0 Å². The number of rotatable bonds is 4. The lowest BCUT2D eigenvalue weighted by molar-refractivity contribution is 0.666. The van der Waals surface area contributed by atoms with Crippen LogP contribution in [0.15, 0.2) is 179 Å². The van der Waals surface area contributed by atoms with E-state index in [4.69, 9.17) is 23.8 Å². The van der Waals surface area contributed by atoms with E-state index < -0.39 is 0 Å². The molecule has 0 amide bonds. The first kappa shape index (κ1) is 29.9. The summed E-state index contributed by atoms with van der Waals surface area (Å²) in [7, 11) is 0. The number of hydrogen-bond donors (Lipinski definition) is 0. The minimum absolute atomic E-state index is 0.560. The van der Waals surface area contributed by atoms with Crippen LogP contribution >= 0.6 is 0 Å². The molecule has 0 radical (unpaired) electrons. The lowest BCUT2D eigenvalue weighted by atomic mass is 10.0. The molecule has 0 saturated heterocycles. The Bertz CT molecular complexity index is 3500. The number of para-hydroxylation sites is 3. The van der Waals surface area contributed by atoms with Crippen LogP contribution in [0.2, 0.25) is 0 Å². The van der Waals surface area contributed by atoms with E-state index in [0.717, 1.165) is 77.3 Å². The highest BCUT2D eigenvalue weighted by Crippen LogP contribution is 2.43. The van der Waals surface area contributed by atoms with Crippen molar-refractivity contribution in [1.29, 1.82) is 0 Å². The predicted molar refractivity (Wildman–Crippen MR) is 223 cm³/mol. The summed E-state index contributed by atoms with van der Waals surface area (Å²) in [5.74, 6) is 1.72. The van der Waals surface area contributed by atoms with Crippen LogP contribution in [0.4, 0.5) is 0 Å². The first-order valence-corrected chi connectivity index (χ1v) is 18.4. The van der Waals surface area contributed by atoms with Gasteiger partial charge < -0.3 is 13.4 Å². The van der Waals surface area contributed by atoms with Gasteiger partial charge in [-0.25, -0.2) is 15.0 Å². The van der Waals surface area contributed by atoms with E-state index in [1.165, 1.54) is 21.5 Å². The van der Waals surface area contributed by atoms with Gasteiger partial charge in [0.05, 0.1) is 16.7 Å². The third-order valence-corrected chi connectivity index (χ3v) is 10.8. The van der Waals surface area contributed by atoms with Crippen molar-refractivity contribution in [3.8, 4) is 39.9 Å². The van der Waals surface area contributed by atoms with E-state index in [0.29, 0.717) is 17.5 Å². The van der Waals surface area contributed by atoms with Crippen molar-refractivity contribution >= 4 is 76.5 Å². The molecule has 0 N–H and O–H groups in total. The second-order valence-corrected chi connectivity index (χ2v) is 14.0. The molecule has 6 heteroatoms. The van der Waals surface area contributed by atoms with Crippen LogP contribution in [0.3, 0.4) is 0 Å².